The summed E-state index contributed by atoms with van der Waals surface area (Å²) in [5, 5.41) is 4.01. The van der Waals surface area contributed by atoms with Gasteiger partial charge in [-0.15, -0.1) is 0 Å². The summed E-state index contributed by atoms with van der Waals surface area (Å²) in [7, 11) is 0. The molecule has 0 saturated heterocycles. The highest BCUT2D eigenvalue weighted by atomic mass is 16.6. The number of ether oxygens (including phenoxy) is 1. The molecule has 0 bridgehead atoms. The second-order valence-electron chi connectivity index (χ2n) is 7.08. The van der Waals surface area contributed by atoms with Crippen molar-refractivity contribution in [3.8, 4) is 0 Å². The molecule has 3 rings (SSSR count). The highest BCUT2D eigenvalue weighted by Gasteiger charge is 2.57. The van der Waals surface area contributed by atoms with Crippen LogP contribution >= 0.6 is 0 Å². The van der Waals surface area contributed by atoms with E-state index in [1.807, 2.05) is 39.8 Å². The Labute approximate surface area is 135 Å². The molecule has 0 amide bonds. The van der Waals surface area contributed by atoms with Crippen LogP contribution < -0.4 is 0 Å². The van der Waals surface area contributed by atoms with Gasteiger partial charge in [-0.1, -0.05) is 11.2 Å². The Bertz CT molecular complexity index is 709. The average molecular weight is 315 g/mol. The largest absolute Gasteiger partial charge is 0.459 e. The number of carbonyl (C=O) groups excluding carboxylic acids is 1. The van der Waals surface area contributed by atoms with Crippen LogP contribution in [0.4, 0.5) is 0 Å². The average Bonchev–Trinajstić information content (AvgIpc) is 3.14. The third-order valence-electron chi connectivity index (χ3n) is 3.76. The van der Waals surface area contributed by atoms with Gasteiger partial charge in [0.1, 0.15) is 11.0 Å². The van der Waals surface area contributed by atoms with Crippen LogP contribution in [0.5, 0.6) is 0 Å². The topological polar surface area (TPSA) is 78.1 Å². The molecule has 0 aromatic carbocycles. The third kappa shape index (κ3) is 3.41. The fourth-order valence-electron chi connectivity index (χ4n) is 2.32. The van der Waals surface area contributed by atoms with Gasteiger partial charge in [-0.2, -0.15) is 4.98 Å². The van der Waals surface area contributed by atoms with E-state index >= 15 is 0 Å². The molecule has 6 heteroatoms. The summed E-state index contributed by atoms with van der Waals surface area (Å²) < 4.78 is 10.8. The van der Waals surface area contributed by atoms with Crippen LogP contribution in [-0.2, 0) is 21.4 Å². The number of hydrogen-bond donors (Lipinski definition) is 0. The minimum Gasteiger partial charge on any atom is -0.459 e. The summed E-state index contributed by atoms with van der Waals surface area (Å²) >= 11 is 0. The van der Waals surface area contributed by atoms with Gasteiger partial charge in [0, 0.05) is 11.9 Å². The maximum absolute atomic E-state index is 12.4. The van der Waals surface area contributed by atoms with Crippen LogP contribution in [0.3, 0.4) is 0 Å². The molecule has 2 aromatic rings. The Morgan fingerprint density at radius 3 is 2.65 bits per heavy atom. The van der Waals surface area contributed by atoms with Gasteiger partial charge in [-0.05, 0) is 52.2 Å². The maximum Gasteiger partial charge on any atom is 0.320 e. The number of pyridine rings is 1. The molecule has 1 aliphatic rings. The predicted octanol–water partition coefficient (Wildman–Crippen LogP) is 2.74. The lowest BCUT2D eigenvalue weighted by Gasteiger charge is -2.22. The van der Waals surface area contributed by atoms with Gasteiger partial charge in [0.25, 0.3) is 0 Å². The normalized spacial score (nSPS) is 16.2. The zero-order valence-electron chi connectivity index (χ0n) is 13.9. The van der Waals surface area contributed by atoms with Gasteiger partial charge in [-0.3, -0.25) is 9.78 Å². The number of hydrogen-bond acceptors (Lipinski definition) is 6. The fourth-order valence-corrected chi connectivity index (χ4v) is 2.32. The quantitative estimate of drug-likeness (QED) is 0.807. The molecule has 1 saturated carbocycles. The van der Waals surface area contributed by atoms with Gasteiger partial charge in [-0.25, -0.2) is 0 Å². The van der Waals surface area contributed by atoms with Crippen LogP contribution in [0.1, 0.15) is 56.6 Å². The molecule has 1 aliphatic carbocycles. The Kier molecular flexibility index (Phi) is 3.70. The van der Waals surface area contributed by atoms with Gasteiger partial charge in [0.05, 0.1) is 6.42 Å². The first-order chi connectivity index (χ1) is 10.8. The van der Waals surface area contributed by atoms with E-state index in [1.165, 1.54) is 0 Å². The van der Waals surface area contributed by atoms with E-state index in [0.717, 1.165) is 11.3 Å². The van der Waals surface area contributed by atoms with Gasteiger partial charge >= 0.3 is 5.97 Å². The van der Waals surface area contributed by atoms with Crippen LogP contribution in [0.2, 0.25) is 0 Å². The van der Waals surface area contributed by atoms with Crippen molar-refractivity contribution in [2.24, 2.45) is 0 Å². The monoisotopic (exact) mass is 315 g/mol. The molecule has 122 valence electrons. The summed E-state index contributed by atoms with van der Waals surface area (Å²) in [6.45, 7) is 7.50. The number of rotatable bonds is 4. The zero-order chi connectivity index (χ0) is 16.7. The van der Waals surface area contributed by atoms with E-state index in [1.54, 1.807) is 6.20 Å². The lowest BCUT2D eigenvalue weighted by Crippen LogP contribution is -2.32. The van der Waals surface area contributed by atoms with Crippen molar-refractivity contribution < 1.29 is 14.1 Å². The highest BCUT2D eigenvalue weighted by Crippen LogP contribution is 2.48. The molecule has 2 heterocycles. The summed E-state index contributed by atoms with van der Waals surface area (Å²) in [4.78, 5) is 21.0. The Morgan fingerprint density at radius 1 is 1.35 bits per heavy atom. The Morgan fingerprint density at radius 2 is 2.09 bits per heavy atom. The fraction of sp³-hybridized carbons (Fsp3) is 0.529. The van der Waals surface area contributed by atoms with Gasteiger partial charge in [0.2, 0.25) is 5.89 Å². The molecule has 0 atom stereocenters. The van der Waals surface area contributed by atoms with E-state index in [4.69, 9.17) is 9.26 Å². The first-order valence-electron chi connectivity index (χ1n) is 7.77. The van der Waals surface area contributed by atoms with Crippen molar-refractivity contribution in [2.75, 3.05) is 0 Å². The van der Waals surface area contributed by atoms with E-state index < -0.39 is 11.0 Å². The molecule has 6 nitrogen and oxygen atoms in total. The zero-order valence-corrected chi connectivity index (χ0v) is 13.9. The molecule has 1 fully saturated rings. The molecule has 2 aromatic heterocycles. The van der Waals surface area contributed by atoms with Crippen molar-refractivity contribution >= 4 is 5.97 Å². The molecular formula is C17H21N3O3. The summed E-state index contributed by atoms with van der Waals surface area (Å²) in [6, 6.07) is 3.92. The number of nitrogens with zero attached hydrogens (tertiary/aromatic N) is 3. The minimum absolute atomic E-state index is 0.269. The van der Waals surface area contributed by atoms with E-state index in [0.29, 0.717) is 31.0 Å². The maximum atomic E-state index is 12.4. The van der Waals surface area contributed by atoms with Crippen LogP contribution in [0.15, 0.2) is 22.9 Å². The molecule has 0 radical (unpaired) electrons. The molecule has 0 N–H and O–H groups in total. The summed E-state index contributed by atoms with van der Waals surface area (Å²) in [5.41, 5.74) is 0.711. The van der Waals surface area contributed by atoms with E-state index in [-0.39, 0.29) is 5.97 Å². The van der Waals surface area contributed by atoms with Crippen LogP contribution in [0, 0.1) is 6.92 Å². The third-order valence-corrected chi connectivity index (χ3v) is 3.76. The van der Waals surface area contributed by atoms with E-state index in [2.05, 4.69) is 15.1 Å². The molecular weight excluding hydrogens is 294 g/mol. The Balaban J connectivity index is 1.74. The van der Waals surface area contributed by atoms with Crippen LogP contribution in [0.25, 0.3) is 0 Å². The predicted molar refractivity (Wildman–Crippen MR) is 82.8 cm³/mol. The van der Waals surface area contributed by atoms with Crippen LogP contribution in [-0.4, -0.2) is 26.7 Å². The summed E-state index contributed by atoms with van der Waals surface area (Å²) in [5.74, 6) is 0.650. The lowest BCUT2D eigenvalue weighted by atomic mass is 10.1. The standard InChI is InChI=1S/C17H21N3O3/c1-11-5-6-12(10-18-11)9-13-19-14(20-23-13)17(7-8-17)15(21)22-16(2,3)4/h5-6,10H,7-9H2,1-4H3. The van der Waals surface area contributed by atoms with Crippen molar-refractivity contribution in [3.63, 3.8) is 0 Å². The first-order valence-corrected chi connectivity index (χ1v) is 7.77. The SMILES string of the molecule is Cc1ccc(Cc2nc(C3(C(=O)OC(C)(C)C)CC3)no2)cn1. The van der Waals surface area contributed by atoms with Crippen molar-refractivity contribution in [2.45, 2.75) is 58.0 Å². The first kappa shape index (κ1) is 15.6. The van der Waals surface area contributed by atoms with Crippen molar-refractivity contribution in [1.82, 2.24) is 15.1 Å². The van der Waals surface area contributed by atoms with Gasteiger partial charge in [0.15, 0.2) is 5.82 Å². The highest BCUT2D eigenvalue weighted by molar-refractivity contribution is 5.85. The second-order valence-corrected chi connectivity index (χ2v) is 7.08. The Hall–Kier alpha value is -2.24. The lowest BCUT2D eigenvalue weighted by molar-refractivity contribution is -0.158. The van der Waals surface area contributed by atoms with E-state index in [9.17, 15) is 4.79 Å². The molecule has 0 unspecified atom stereocenters. The number of aromatic nitrogens is 3. The smallest absolute Gasteiger partial charge is 0.320 e. The number of esters is 1. The minimum atomic E-state index is -0.722. The molecule has 0 aliphatic heterocycles. The molecule has 0 spiro atoms. The molecule has 23 heavy (non-hydrogen) atoms. The summed E-state index contributed by atoms with van der Waals surface area (Å²) in [6.07, 6.45) is 3.70. The number of aryl methyl sites for hydroxylation is 1. The second kappa shape index (κ2) is 5.44. The number of carbonyl (C=O) groups is 1. The van der Waals surface area contributed by atoms with Gasteiger partial charge < -0.3 is 9.26 Å². The van der Waals surface area contributed by atoms with Crippen molar-refractivity contribution in [3.05, 3.63) is 41.3 Å². The van der Waals surface area contributed by atoms with Crippen molar-refractivity contribution in [1.29, 1.82) is 0 Å².